The minimum atomic E-state index is -0.0819. The molecule has 2 aliphatic rings. The van der Waals surface area contributed by atoms with Crippen LogP contribution in [0.3, 0.4) is 0 Å². The zero-order chi connectivity index (χ0) is 14.8. The lowest BCUT2D eigenvalue weighted by Gasteiger charge is -2.13. The summed E-state index contributed by atoms with van der Waals surface area (Å²) in [6.07, 6.45) is 6.78. The van der Waals surface area contributed by atoms with Crippen LogP contribution in [0.1, 0.15) is 48.2 Å². The highest BCUT2D eigenvalue weighted by Crippen LogP contribution is 2.26. The SMILES string of the molecule is Nc1c(C(=O)NC2CCCC2)sc(=S)n1CC1CCCO1. The van der Waals surface area contributed by atoms with Gasteiger partial charge in [-0.15, -0.1) is 0 Å². The Balaban J connectivity index is 1.73. The summed E-state index contributed by atoms with van der Waals surface area (Å²) >= 11 is 6.66. The van der Waals surface area contributed by atoms with Crippen LogP contribution in [0, 0.1) is 3.95 Å². The van der Waals surface area contributed by atoms with E-state index in [-0.39, 0.29) is 12.0 Å². The smallest absolute Gasteiger partial charge is 0.265 e. The van der Waals surface area contributed by atoms with Gasteiger partial charge in [0.25, 0.3) is 5.91 Å². The van der Waals surface area contributed by atoms with Crippen molar-refractivity contribution in [2.75, 3.05) is 12.3 Å². The first-order chi connectivity index (χ1) is 10.1. The Morgan fingerprint density at radius 3 is 2.81 bits per heavy atom. The van der Waals surface area contributed by atoms with Crippen molar-refractivity contribution in [1.82, 2.24) is 9.88 Å². The molecular formula is C14H21N3O2S2. The van der Waals surface area contributed by atoms with E-state index in [1.165, 1.54) is 24.2 Å². The van der Waals surface area contributed by atoms with Crippen molar-refractivity contribution in [2.45, 2.75) is 57.2 Å². The van der Waals surface area contributed by atoms with Gasteiger partial charge in [-0.25, -0.2) is 0 Å². The quantitative estimate of drug-likeness (QED) is 0.834. The van der Waals surface area contributed by atoms with Gasteiger partial charge in [0.1, 0.15) is 10.7 Å². The summed E-state index contributed by atoms with van der Waals surface area (Å²) in [4.78, 5) is 12.9. The number of nitrogens with zero attached hydrogens (tertiary/aromatic N) is 1. The fraction of sp³-hybridized carbons (Fsp3) is 0.714. The fourth-order valence-electron chi connectivity index (χ4n) is 3.06. The van der Waals surface area contributed by atoms with Gasteiger partial charge in [0.15, 0.2) is 3.95 Å². The number of nitrogen functional groups attached to an aromatic ring is 1. The lowest BCUT2D eigenvalue weighted by atomic mass is 10.2. The molecular weight excluding hydrogens is 306 g/mol. The molecule has 1 unspecified atom stereocenters. The highest BCUT2D eigenvalue weighted by molar-refractivity contribution is 7.73. The molecule has 2 heterocycles. The summed E-state index contributed by atoms with van der Waals surface area (Å²) in [5, 5.41) is 3.07. The molecule has 1 saturated carbocycles. The van der Waals surface area contributed by atoms with Gasteiger partial charge in [0, 0.05) is 12.6 Å². The van der Waals surface area contributed by atoms with Crippen LogP contribution in [0.2, 0.25) is 0 Å². The Hall–Kier alpha value is -0.920. The van der Waals surface area contributed by atoms with Crippen LogP contribution in [0.4, 0.5) is 5.82 Å². The van der Waals surface area contributed by atoms with Crippen LogP contribution < -0.4 is 11.1 Å². The van der Waals surface area contributed by atoms with E-state index >= 15 is 0 Å². The van der Waals surface area contributed by atoms with Crippen molar-refractivity contribution >= 4 is 35.3 Å². The number of amides is 1. The molecule has 0 aromatic carbocycles. The van der Waals surface area contributed by atoms with E-state index in [1.54, 1.807) is 0 Å². The maximum absolute atomic E-state index is 12.4. The van der Waals surface area contributed by atoms with Gasteiger partial charge in [-0.3, -0.25) is 4.79 Å². The highest BCUT2D eigenvalue weighted by atomic mass is 32.1. The molecule has 7 heteroatoms. The molecule has 1 aliphatic carbocycles. The van der Waals surface area contributed by atoms with E-state index in [0.29, 0.717) is 27.2 Å². The molecule has 21 heavy (non-hydrogen) atoms. The van der Waals surface area contributed by atoms with E-state index in [2.05, 4.69) is 5.32 Å². The van der Waals surface area contributed by atoms with Crippen LogP contribution in [-0.4, -0.2) is 29.2 Å². The third-order valence-corrected chi connectivity index (χ3v) is 5.70. The fourth-order valence-corrected chi connectivity index (χ4v) is 4.31. The lowest BCUT2D eigenvalue weighted by molar-refractivity contribution is 0.0935. The van der Waals surface area contributed by atoms with Gasteiger partial charge in [-0.05, 0) is 37.9 Å². The number of hydrogen-bond acceptors (Lipinski definition) is 5. The molecule has 0 radical (unpaired) electrons. The summed E-state index contributed by atoms with van der Waals surface area (Å²) in [5.74, 6) is 0.401. The largest absolute Gasteiger partial charge is 0.384 e. The Bertz CT molecular complexity index is 569. The van der Waals surface area contributed by atoms with Gasteiger partial charge < -0.3 is 20.4 Å². The lowest BCUT2D eigenvalue weighted by Crippen LogP contribution is -2.32. The predicted octanol–water partition coefficient (Wildman–Crippen LogP) is 2.71. The number of rotatable bonds is 4. The monoisotopic (exact) mass is 327 g/mol. The van der Waals surface area contributed by atoms with Gasteiger partial charge in [0.05, 0.1) is 12.6 Å². The Morgan fingerprint density at radius 1 is 1.38 bits per heavy atom. The third kappa shape index (κ3) is 3.30. The van der Waals surface area contributed by atoms with E-state index in [9.17, 15) is 4.79 Å². The second kappa shape index (κ2) is 6.46. The normalized spacial score (nSPS) is 22.8. The molecule has 2 fully saturated rings. The number of anilines is 1. The van der Waals surface area contributed by atoms with E-state index in [1.807, 2.05) is 4.57 Å². The molecule has 3 rings (SSSR count). The van der Waals surface area contributed by atoms with Crippen molar-refractivity contribution in [3.63, 3.8) is 0 Å². The van der Waals surface area contributed by atoms with Crippen molar-refractivity contribution in [1.29, 1.82) is 0 Å². The number of thiazole rings is 1. The second-order valence-electron chi connectivity index (χ2n) is 5.78. The maximum Gasteiger partial charge on any atom is 0.265 e. The molecule has 1 amide bonds. The summed E-state index contributed by atoms with van der Waals surface area (Å²) in [7, 11) is 0. The molecule has 0 bridgehead atoms. The average Bonchev–Trinajstić information content (AvgIpc) is 3.17. The molecule has 1 atom stereocenters. The number of hydrogen-bond donors (Lipinski definition) is 2. The molecule has 0 spiro atoms. The average molecular weight is 327 g/mol. The second-order valence-corrected chi connectivity index (χ2v) is 7.43. The van der Waals surface area contributed by atoms with Crippen molar-refractivity contribution < 1.29 is 9.53 Å². The molecule has 3 N–H and O–H groups in total. The summed E-state index contributed by atoms with van der Waals surface area (Å²) in [6, 6.07) is 0.291. The zero-order valence-electron chi connectivity index (χ0n) is 12.0. The Labute approximate surface area is 133 Å². The molecule has 1 aromatic heterocycles. The van der Waals surface area contributed by atoms with Crippen LogP contribution in [0.15, 0.2) is 0 Å². The number of carbonyl (C=O) groups is 1. The summed E-state index contributed by atoms with van der Waals surface area (Å²) in [5.41, 5.74) is 6.15. The minimum Gasteiger partial charge on any atom is -0.384 e. The molecule has 116 valence electrons. The number of carbonyl (C=O) groups excluding carboxylic acids is 1. The molecule has 1 saturated heterocycles. The Kier molecular flexibility index (Phi) is 4.61. The molecule has 5 nitrogen and oxygen atoms in total. The van der Waals surface area contributed by atoms with Gasteiger partial charge >= 0.3 is 0 Å². The number of aromatic nitrogens is 1. The van der Waals surface area contributed by atoms with Crippen molar-refractivity contribution in [2.24, 2.45) is 0 Å². The first-order valence-electron chi connectivity index (χ1n) is 7.56. The zero-order valence-corrected chi connectivity index (χ0v) is 13.6. The van der Waals surface area contributed by atoms with Gasteiger partial charge in [-0.2, -0.15) is 0 Å². The maximum atomic E-state index is 12.4. The first kappa shape index (κ1) is 15.0. The van der Waals surface area contributed by atoms with Crippen molar-refractivity contribution in [3.8, 4) is 0 Å². The van der Waals surface area contributed by atoms with Crippen molar-refractivity contribution in [3.05, 3.63) is 8.83 Å². The summed E-state index contributed by atoms with van der Waals surface area (Å²) in [6.45, 7) is 1.45. The van der Waals surface area contributed by atoms with Crippen LogP contribution >= 0.6 is 23.6 Å². The third-order valence-electron chi connectivity index (χ3n) is 4.24. The minimum absolute atomic E-state index is 0.0819. The molecule has 1 aliphatic heterocycles. The molecule has 1 aromatic rings. The van der Waals surface area contributed by atoms with E-state index < -0.39 is 0 Å². The number of nitrogens with one attached hydrogen (secondary N) is 1. The Morgan fingerprint density at radius 2 is 2.14 bits per heavy atom. The first-order valence-corrected chi connectivity index (χ1v) is 8.79. The van der Waals surface area contributed by atoms with Gasteiger partial charge in [0.2, 0.25) is 0 Å². The summed E-state index contributed by atoms with van der Waals surface area (Å²) < 4.78 is 8.12. The van der Waals surface area contributed by atoms with Crippen LogP contribution in [0.25, 0.3) is 0 Å². The topological polar surface area (TPSA) is 69.3 Å². The van der Waals surface area contributed by atoms with E-state index in [0.717, 1.165) is 32.3 Å². The number of nitrogens with two attached hydrogens (primary N) is 1. The number of ether oxygens (including phenoxy) is 1. The predicted molar refractivity (Wildman–Crippen MR) is 86.3 cm³/mol. The van der Waals surface area contributed by atoms with Crippen LogP contribution in [0.5, 0.6) is 0 Å². The highest BCUT2D eigenvalue weighted by Gasteiger charge is 2.24. The standard InChI is InChI=1S/C14H21N3O2S2/c15-12-11(13(18)16-9-4-1-2-5-9)21-14(20)17(12)8-10-6-3-7-19-10/h9-10H,1-8,15H2,(H,16,18). The van der Waals surface area contributed by atoms with Gasteiger partial charge in [-0.1, -0.05) is 24.2 Å². The van der Waals surface area contributed by atoms with Crippen LogP contribution in [-0.2, 0) is 11.3 Å². The van der Waals surface area contributed by atoms with E-state index in [4.69, 9.17) is 22.7 Å².